The van der Waals surface area contributed by atoms with Crippen LogP contribution in [-0.4, -0.2) is 15.0 Å². The Kier molecular flexibility index (Phi) is 5.85. The average Bonchev–Trinajstić information content (AvgIpc) is 3.82. The smallest absolute Gasteiger partial charge is 0.227 e. The Labute approximate surface area is 282 Å². The summed E-state index contributed by atoms with van der Waals surface area (Å²) in [5.41, 5.74) is 13.6. The van der Waals surface area contributed by atoms with Gasteiger partial charge in [0.2, 0.25) is 5.89 Å². The van der Waals surface area contributed by atoms with Crippen LogP contribution in [0, 0.1) is 0 Å². The van der Waals surface area contributed by atoms with Crippen LogP contribution in [0.15, 0.2) is 148 Å². The normalized spacial score (nSPS) is 13.3. The van der Waals surface area contributed by atoms with Crippen molar-refractivity contribution in [3.63, 3.8) is 0 Å². The molecule has 0 aliphatic heterocycles. The van der Waals surface area contributed by atoms with Gasteiger partial charge >= 0.3 is 0 Å². The van der Waals surface area contributed by atoms with Crippen LogP contribution in [-0.2, 0) is 5.41 Å². The first-order valence-electron chi connectivity index (χ1n) is 16.5. The van der Waals surface area contributed by atoms with E-state index < -0.39 is 0 Å². The van der Waals surface area contributed by atoms with Crippen LogP contribution in [0.5, 0.6) is 0 Å². The number of hydrogen-bond acceptors (Lipinski definition) is 5. The van der Waals surface area contributed by atoms with Crippen LogP contribution in [0.4, 0.5) is 0 Å². The monoisotopic (exact) mass is 631 g/mol. The molecule has 0 N–H and O–H groups in total. The second kappa shape index (κ2) is 10.3. The van der Waals surface area contributed by atoms with Crippen LogP contribution < -0.4 is 0 Å². The summed E-state index contributed by atoms with van der Waals surface area (Å²) < 4.78 is 12.5. The molecule has 0 fully saturated rings. The van der Waals surface area contributed by atoms with Gasteiger partial charge in [0.1, 0.15) is 16.7 Å². The van der Waals surface area contributed by atoms with Gasteiger partial charge in [0.25, 0.3) is 0 Å². The highest BCUT2D eigenvalue weighted by atomic mass is 16.3. The molecule has 5 nitrogen and oxygen atoms in total. The average molecular weight is 632 g/mol. The van der Waals surface area contributed by atoms with E-state index in [-0.39, 0.29) is 5.41 Å². The molecule has 0 saturated heterocycles. The zero-order chi connectivity index (χ0) is 32.7. The van der Waals surface area contributed by atoms with Crippen molar-refractivity contribution in [2.75, 3.05) is 0 Å². The molecule has 5 heteroatoms. The Morgan fingerprint density at radius 3 is 2.04 bits per heavy atom. The van der Waals surface area contributed by atoms with Crippen LogP contribution in [0.25, 0.3) is 89.5 Å². The molecule has 0 saturated carbocycles. The second-order valence-corrected chi connectivity index (χ2v) is 13.2. The van der Waals surface area contributed by atoms with E-state index in [0.717, 1.165) is 83.4 Å². The minimum Gasteiger partial charge on any atom is -0.455 e. The van der Waals surface area contributed by atoms with Gasteiger partial charge in [-0.15, -0.1) is 0 Å². The van der Waals surface area contributed by atoms with Crippen LogP contribution in [0.3, 0.4) is 0 Å². The Bertz CT molecular complexity index is 2720. The Morgan fingerprint density at radius 1 is 0.490 bits per heavy atom. The number of rotatable bonds is 4. The lowest BCUT2D eigenvalue weighted by molar-refractivity contribution is 0.620. The molecular weight excluding hydrogens is 603 g/mol. The molecule has 1 aliphatic rings. The molecule has 1 aliphatic carbocycles. The zero-order valence-electron chi connectivity index (χ0n) is 26.9. The van der Waals surface area contributed by atoms with Crippen molar-refractivity contribution in [2.24, 2.45) is 0 Å². The van der Waals surface area contributed by atoms with Crippen molar-refractivity contribution >= 4 is 33.0 Å². The van der Waals surface area contributed by atoms with E-state index in [1.807, 2.05) is 48.5 Å². The lowest BCUT2D eigenvalue weighted by Crippen LogP contribution is -2.17. The summed E-state index contributed by atoms with van der Waals surface area (Å²) in [4.78, 5) is 15.3. The highest BCUT2D eigenvalue weighted by Gasteiger charge is 2.40. The summed E-state index contributed by atoms with van der Waals surface area (Å²) in [5.74, 6) is 1.27. The summed E-state index contributed by atoms with van der Waals surface area (Å²) in [6.07, 6.45) is 0. The van der Waals surface area contributed by atoms with Crippen LogP contribution in [0.2, 0.25) is 0 Å². The third-order valence-corrected chi connectivity index (χ3v) is 9.92. The molecular formula is C44H29N3O2. The van der Waals surface area contributed by atoms with Crippen LogP contribution >= 0.6 is 0 Å². The van der Waals surface area contributed by atoms with Crippen molar-refractivity contribution < 1.29 is 8.83 Å². The van der Waals surface area contributed by atoms with Crippen molar-refractivity contribution in [3.8, 4) is 56.5 Å². The quantitative estimate of drug-likeness (QED) is 0.193. The highest BCUT2D eigenvalue weighted by Crippen LogP contribution is 2.51. The number of aromatic nitrogens is 3. The van der Waals surface area contributed by atoms with Gasteiger partial charge in [-0.05, 0) is 47.5 Å². The molecule has 3 aromatic heterocycles. The molecule has 0 bridgehead atoms. The topological polar surface area (TPSA) is 65.0 Å². The number of hydrogen-bond donors (Lipinski definition) is 0. The lowest BCUT2D eigenvalue weighted by atomic mass is 9.80. The van der Waals surface area contributed by atoms with Gasteiger partial charge in [-0.1, -0.05) is 117 Å². The van der Waals surface area contributed by atoms with Crippen molar-refractivity contribution in [1.82, 2.24) is 15.0 Å². The number of nitrogens with zero attached hydrogens (tertiary/aromatic N) is 3. The first-order valence-corrected chi connectivity index (χ1v) is 16.5. The Morgan fingerprint density at radius 2 is 1.16 bits per heavy atom. The minimum absolute atomic E-state index is 0.286. The predicted molar refractivity (Wildman–Crippen MR) is 196 cm³/mol. The lowest BCUT2D eigenvalue weighted by Gasteiger charge is -2.24. The molecule has 0 atom stereocenters. The third kappa shape index (κ3) is 4.22. The van der Waals surface area contributed by atoms with Gasteiger partial charge in [0.05, 0.1) is 11.4 Å². The van der Waals surface area contributed by atoms with Gasteiger partial charge in [-0.3, -0.25) is 0 Å². The van der Waals surface area contributed by atoms with E-state index in [4.69, 9.17) is 18.8 Å². The maximum Gasteiger partial charge on any atom is 0.227 e. The standard InChI is InChI=1S/C44H29N3O2/c1-44(2)34-17-5-3-14-33(34)40-38(44)39(46-42(47-40)26-21-23-27(24-22-26)43-45-35-18-6-8-20-37(35)49-43)29-12-9-11-28(25-29)30-15-10-16-32-31-13-4-7-19-36(31)48-41(30)32/h3-25H,1-2H3. The summed E-state index contributed by atoms with van der Waals surface area (Å²) in [7, 11) is 0. The van der Waals surface area contributed by atoms with Gasteiger partial charge in [0, 0.05) is 49.6 Å². The molecule has 0 unspecified atom stereocenters. The summed E-state index contributed by atoms with van der Waals surface area (Å²) in [5, 5.41) is 2.23. The first kappa shape index (κ1) is 27.8. The molecule has 10 rings (SSSR count). The summed E-state index contributed by atoms with van der Waals surface area (Å²) in [6, 6.07) is 47.9. The predicted octanol–water partition coefficient (Wildman–Crippen LogP) is 11.5. The van der Waals surface area contributed by atoms with Gasteiger partial charge in [-0.2, -0.15) is 0 Å². The minimum atomic E-state index is -0.286. The molecule has 3 heterocycles. The Hall–Kier alpha value is -6.33. The van der Waals surface area contributed by atoms with Gasteiger partial charge in [0.15, 0.2) is 11.4 Å². The molecule has 49 heavy (non-hydrogen) atoms. The number of fused-ring (bicyclic) bond motifs is 7. The molecule has 9 aromatic rings. The number of oxazole rings is 1. The third-order valence-electron chi connectivity index (χ3n) is 9.92. The van der Waals surface area contributed by atoms with Gasteiger partial charge < -0.3 is 8.83 Å². The molecule has 6 aromatic carbocycles. The fraction of sp³-hybridized carbons (Fsp3) is 0.0682. The van der Waals surface area contributed by atoms with E-state index >= 15 is 0 Å². The maximum absolute atomic E-state index is 6.43. The van der Waals surface area contributed by atoms with Gasteiger partial charge in [-0.25, -0.2) is 15.0 Å². The van der Waals surface area contributed by atoms with E-state index in [0.29, 0.717) is 11.7 Å². The maximum atomic E-state index is 6.43. The summed E-state index contributed by atoms with van der Waals surface area (Å²) >= 11 is 0. The second-order valence-electron chi connectivity index (χ2n) is 13.2. The largest absolute Gasteiger partial charge is 0.455 e. The van der Waals surface area contributed by atoms with E-state index in [2.05, 4.69) is 110 Å². The molecule has 0 spiro atoms. The van der Waals surface area contributed by atoms with E-state index in [1.165, 1.54) is 5.56 Å². The van der Waals surface area contributed by atoms with E-state index in [9.17, 15) is 0 Å². The van der Waals surface area contributed by atoms with Crippen LogP contribution in [0.1, 0.15) is 25.0 Å². The van der Waals surface area contributed by atoms with Crippen molar-refractivity contribution in [3.05, 3.63) is 151 Å². The number of para-hydroxylation sites is 4. The molecule has 0 amide bonds. The zero-order valence-corrected chi connectivity index (χ0v) is 26.9. The fourth-order valence-electron chi connectivity index (χ4n) is 7.52. The first-order chi connectivity index (χ1) is 24.0. The molecule has 232 valence electrons. The van der Waals surface area contributed by atoms with Crippen molar-refractivity contribution in [2.45, 2.75) is 19.3 Å². The fourth-order valence-corrected chi connectivity index (χ4v) is 7.52. The molecule has 0 radical (unpaired) electrons. The number of benzene rings is 6. The Balaban J connectivity index is 1.14. The summed E-state index contributed by atoms with van der Waals surface area (Å²) in [6.45, 7) is 4.55. The SMILES string of the molecule is CC1(C)c2ccccc2-c2nc(-c3ccc(-c4nc5ccccc5o4)cc3)nc(-c3cccc(-c4cccc5c4oc4ccccc45)c3)c21. The van der Waals surface area contributed by atoms with Crippen molar-refractivity contribution in [1.29, 1.82) is 0 Å². The highest BCUT2D eigenvalue weighted by molar-refractivity contribution is 6.09. The number of furan rings is 1. The van der Waals surface area contributed by atoms with E-state index in [1.54, 1.807) is 0 Å².